The zero-order valence-corrected chi connectivity index (χ0v) is 20.8. The van der Waals surface area contributed by atoms with Gasteiger partial charge in [-0.25, -0.2) is 4.79 Å². The van der Waals surface area contributed by atoms with E-state index in [-0.39, 0.29) is 47.5 Å². The number of aliphatic hydroxyl groups excluding tert-OH is 1. The zero-order valence-electron chi connectivity index (χ0n) is 20.8. The van der Waals surface area contributed by atoms with Crippen LogP contribution >= 0.6 is 0 Å². The molecule has 7 nitrogen and oxygen atoms in total. The molecule has 2 unspecified atom stereocenters. The molecule has 1 saturated carbocycles. The summed E-state index contributed by atoms with van der Waals surface area (Å²) < 4.78 is 18.9. The first-order valence-electron chi connectivity index (χ1n) is 13.0. The highest BCUT2D eigenvalue weighted by atomic mass is 16.6. The number of esters is 1. The topological polar surface area (TPSA) is 85.3 Å². The van der Waals surface area contributed by atoms with E-state index in [1.54, 1.807) is 14.0 Å². The van der Waals surface area contributed by atoms with Crippen LogP contribution in [0.15, 0.2) is 23.3 Å². The largest absolute Gasteiger partial charge is 0.457 e. The van der Waals surface area contributed by atoms with Crippen molar-refractivity contribution in [1.29, 1.82) is 0 Å². The molecular formula is C27H37NO6. The summed E-state index contributed by atoms with van der Waals surface area (Å²) in [5, 5.41) is 10.4. The van der Waals surface area contributed by atoms with E-state index in [4.69, 9.17) is 14.2 Å². The second-order valence-electron chi connectivity index (χ2n) is 11.5. The third-order valence-corrected chi connectivity index (χ3v) is 10.1. The number of ether oxygens (including phenoxy) is 3. The number of likely N-dealkylation sites (tertiary alicyclic amines) is 1. The minimum absolute atomic E-state index is 0.0407. The summed E-state index contributed by atoms with van der Waals surface area (Å²) in [6.45, 7) is 9.79. The molecule has 3 saturated heterocycles. The minimum atomic E-state index is -1.22. The number of fused-ring (bicyclic) bond motifs is 1. The van der Waals surface area contributed by atoms with Gasteiger partial charge in [-0.1, -0.05) is 26.0 Å². The number of cyclic esters (lactones) is 1. The highest BCUT2D eigenvalue weighted by molar-refractivity contribution is 5.91. The molecule has 3 aliphatic carbocycles. The number of rotatable bonds is 3. The molecule has 3 heterocycles. The lowest BCUT2D eigenvalue weighted by atomic mass is 9.52. The van der Waals surface area contributed by atoms with Gasteiger partial charge in [0.2, 0.25) is 0 Å². The van der Waals surface area contributed by atoms with E-state index in [1.165, 1.54) is 12.8 Å². The first-order valence-corrected chi connectivity index (χ1v) is 13.0. The van der Waals surface area contributed by atoms with Crippen LogP contribution in [-0.2, 0) is 23.8 Å². The Morgan fingerprint density at radius 2 is 1.88 bits per heavy atom. The maximum atomic E-state index is 14.1. The number of carbonyl (C=O) groups is 2. The molecule has 4 bridgehead atoms. The van der Waals surface area contributed by atoms with Gasteiger partial charge in [0.15, 0.2) is 5.60 Å². The van der Waals surface area contributed by atoms with Gasteiger partial charge in [-0.2, -0.15) is 0 Å². The van der Waals surface area contributed by atoms with Crippen molar-refractivity contribution in [2.45, 2.75) is 82.5 Å². The van der Waals surface area contributed by atoms with Crippen LogP contribution in [0.1, 0.15) is 47.0 Å². The van der Waals surface area contributed by atoms with E-state index in [2.05, 4.69) is 24.0 Å². The van der Waals surface area contributed by atoms with E-state index in [1.807, 2.05) is 13.8 Å². The van der Waals surface area contributed by atoms with Gasteiger partial charge in [-0.15, -0.1) is 0 Å². The number of carbonyl (C=O) groups excluding carboxylic acids is 2. The second kappa shape index (κ2) is 7.48. The molecule has 0 amide bonds. The van der Waals surface area contributed by atoms with E-state index >= 15 is 0 Å². The fourth-order valence-electron chi connectivity index (χ4n) is 8.73. The molecule has 4 fully saturated rings. The summed E-state index contributed by atoms with van der Waals surface area (Å²) >= 11 is 0. The Morgan fingerprint density at radius 3 is 2.53 bits per heavy atom. The maximum absolute atomic E-state index is 14.1. The zero-order chi connectivity index (χ0) is 24.2. The second-order valence-corrected chi connectivity index (χ2v) is 11.5. The van der Waals surface area contributed by atoms with Crippen molar-refractivity contribution >= 4 is 11.8 Å². The molecular weight excluding hydrogens is 434 g/mol. The normalized spacial score (nSPS) is 50.8. The van der Waals surface area contributed by atoms with Crippen molar-refractivity contribution in [2.75, 3.05) is 20.2 Å². The number of hydrogen-bond donors (Lipinski definition) is 1. The Balaban J connectivity index is 1.53. The fourth-order valence-corrected chi connectivity index (χ4v) is 8.73. The Kier molecular flexibility index (Phi) is 5.04. The molecule has 6 aliphatic rings. The Labute approximate surface area is 201 Å². The molecule has 34 heavy (non-hydrogen) atoms. The van der Waals surface area contributed by atoms with Gasteiger partial charge < -0.3 is 19.3 Å². The van der Waals surface area contributed by atoms with Gasteiger partial charge >= 0.3 is 5.97 Å². The number of methoxy groups -OCH3 is 1. The van der Waals surface area contributed by atoms with Crippen molar-refractivity contribution in [3.8, 4) is 0 Å². The van der Waals surface area contributed by atoms with Crippen molar-refractivity contribution < 1.29 is 28.9 Å². The molecule has 1 spiro atoms. The maximum Gasteiger partial charge on any atom is 0.343 e. The van der Waals surface area contributed by atoms with E-state index in [0.29, 0.717) is 6.42 Å². The van der Waals surface area contributed by atoms with Gasteiger partial charge in [0.25, 0.3) is 0 Å². The summed E-state index contributed by atoms with van der Waals surface area (Å²) in [5.74, 6) is -0.848. The first-order chi connectivity index (χ1) is 16.2. The van der Waals surface area contributed by atoms with Gasteiger partial charge in [0.05, 0.1) is 18.1 Å². The van der Waals surface area contributed by atoms with Crippen molar-refractivity contribution in [1.82, 2.24) is 4.90 Å². The van der Waals surface area contributed by atoms with Crippen LogP contribution in [-0.4, -0.2) is 77.5 Å². The number of nitrogens with zero attached hydrogens (tertiary/aromatic N) is 1. The summed E-state index contributed by atoms with van der Waals surface area (Å²) in [5.41, 5.74) is -0.209. The van der Waals surface area contributed by atoms with Crippen LogP contribution in [0.2, 0.25) is 0 Å². The molecule has 0 aromatic rings. The number of ketones is 1. The van der Waals surface area contributed by atoms with Gasteiger partial charge in [0, 0.05) is 43.2 Å². The molecule has 186 valence electrons. The van der Waals surface area contributed by atoms with Crippen LogP contribution in [0.4, 0.5) is 0 Å². The average molecular weight is 472 g/mol. The summed E-state index contributed by atoms with van der Waals surface area (Å²) in [7, 11) is 1.56. The number of Topliss-reactive ketones (excluding diaryl/α,β-unsaturated/α-hetero) is 1. The molecule has 0 aromatic heterocycles. The van der Waals surface area contributed by atoms with Crippen LogP contribution in [0.25, 0.3) is 0 Å². The average Bonchev–Trinajstić information content (AvgIpc) is 3.38. The Morgan fingerprint density at radius 1 is 1.18 bits per heavy atom. The van der Waals surface area contributed by atoms with Gasteiger partial charge in [0.1, 0.15) is 17.5 Å². The molecule has 11 atom stereocenters. The van der Waals surface area contributed by atoms with E-state index < -0.39 is 29.4 Å². The lowest BCUT2D eigenvalue weighted by Gasteiger charge is -2.55. The van der Waals surface area contributed by atoms with Crippen molar-refractivity contribution in [3.63, 3.8) is 0 Å². The molecule has 6 rings (SSSR count). The molecule has 0 aromatic carbocycles. The monoisotopic (exact) mass is 471 g/mol. The molecule has 3 aliphatic heterocycles. The third-order valence-electron chi connectivity index (χ3n) is 10.1. The van der Waals surface area contributed by atoms with Gasteiger partial charge in [-0.05, 0) is 50.9 Å². The van der Waals surface area contributed by atoms with Crippen LogP contribution < -0.4 is 0 Å². The summed E-state index contributed by atoms with van der Waals surface area (Å²) in [6.07, 6.45) is 5.57. The van der Waals surface area contributed by atoms with Crippen LogP contribution in [0.3, 0.4) is 0 Å². The van der Waals surface area contributed by atoms with E-state index in [0.717, 1.165) is 24.2 Å². The highest BCUT2D eigenvalue weighted by Gasteiger charge is 2.73. The first kappa shape index (κ1) is 22.9. The smallest absolute Gasteiger partial charge is 0.343 e. The summed E-state index contributed by atoms with van der Waals surface area (Å²) in [6, 6.07) is 0.0879. The predicted molar refractivity (Wildman–Crippen MR) is 124 cm³/mol. The standard InChI is InChI=1S/C27H37NO6/c1-13-19-15(3)27-17(12-26(19,32-5)25(31)33-23(13)16(4)29)8-9-18-20(27)22(30)14(2)21(24(18)34-27)28-10-6-7-11-28/h8-9,13-14,16-18,20-21,23-24,29H,6-7,10-12H2,1-5H3/t13-,14?,16-,17-,18-,20+,21?,23+,24-,26-,27+/m1/s1. The Hall–Kier alpha value is -1.54. The third kappa shape index (κ3) is 2.57. The minimum Gasteiger partial charge on any atom is -0.457 e. The lowest BCUT2D eigenvalue weighted by molar-refractivity contribution is -0.197. The lowest BCUT2D eigenvalue weighted by Crippen LogP contribution is -2.64. The molecule has 0 radical (unpaired) electrons. The van der Waals surface area contributed by atoms with Crippen molar-refractivity contribution in [3.05, 3.63) is 23.3 Å². The summed E-state index contributed by atoms with van der Waals surface area (Å²) in [4.78, 5) is 29.9. The quantitative estimate of drug-likeness (QED) is 0.499. The SMILES string of the molecule is CO[C@]12C[C@H]3C=C[C@@H]4[C@H]5C(=O)C(C)C(N6CCCC6)[C@@H]4O[C@@]35C(C)=C1[C@@H](C)[C@@H]([C@@H](C)O)OC2=O. The predicted octanol–water partition coefficient (Wildman–Crippen LogP) is 2.27. The number of hydrogen-bond acceptors (Lipinski definition) is 7. The van der Waals surface area contributed by atoms with Crippen molar-refractivity contribution in [2.24, 2.45) is 29.6 Å². The molecule has 7 heteroatoms. The van der Waals surface area contributed by atoms with Crippen LogP contribution in [0, 0.1) is 29.6 Å². The fraction of sp³-hybridized carbons (Fsp3) is 0.778. The molecule has 1 N–H and O–H groups in total. The van der Waals surface area contributed by atoms with Crippen LogP contribution in [0.5, 0.6) is 0 Å². The van der Waals surface area contributed by atoms with E-state index in [9.17, 15) is 14.7 Å². The number of aliphatic hydroxyl groups is 1. The van der Waals surface area contributed by atoms with Gasteiger partial charge in [-0.3, -0.25) is 9.69 Å². The Bertz CT molecular complexity index is 982. The highest BCUT2D eigenvalue weighted by Crippen LogP contribution is 2.64.